The molecule has 0 aromatic carbocycles. The fourth-order valence-corrected chi connectivity index (χ4v) is 3.39. The summed E-state index contributed by atoms with van der Waals surface area (Å²) in [5.74, 6) is 4.59. The van der Waals surface area contributed by atoms with Gasteiger partial charge in [-0.05, 0) is 24.7 Å². The minimum Gasteiger partial charge on any atom is -0.268 e. The van der Waals surface area contributed by atoms with Crippen LogP contribution >= 0.6 is 0 Å². The van der Waals surface area contributed by atoms with Crippen LogP contribution < -0.4 is 0 Å². The second kappa shape index (κ2) is 4.24. The maximum Gasteiger partial charge on any atom is 0.0346 e. The monoisotopic (exact) mass is 173 g/mol. The van der Waals surface area contributed by atoms with Gasteiger partial charge in [-0.25, -0.2) is 0 Å². The van der Waals surface area contributed by atoms with E-state index in [1.807, 2.05) is 7.05 Å². The second-order valence-electron chi connectivity index (χ2n) is 3.63. The van der Waals surface area contributed by atoms with Gasteiger partial charge in [0.2, 0.25) is 0 Å². The molecule has 66 valence electrons. The van der Waals surface area contributed by atoms with Gasteiger partial charge in [-0.1, -0.05) is 13.8 Å². The Labute approximate surface area is 72.7 Å². The van der Waals surface area contributed by atoms with E-state index < -0.39 is 0 Å². The molecule has 0 aromatic rings. The van der Waals surface area contributed by atoms with E-state index in [2.05, 4.69) is 18.2 Å². The Bertz CT molecular complexity index is 142. The molecule has 1 rings (SSSR count). The van der Waals surface area contributed by atoms with Crippen LogP contribution in [0.2, 0.25) is 0 Å². The zero-order valence-electron chi connectivity index (χ0n) is 7.84. The van der Waals surface area contributed by atoms with Gasteiger partial charge in [0.25, 0.3) is 0 Å². The summed E-state index contributed by atoms with van der Waals surface area (Å²) in [5, 5.41) is 0. The number of nitrogens with zero attached hydrogens (tertiary/aromatic N) is 1. The van der Waals surface area contributed by atoms with E-state index in [1.54, 1.807) is 0 Å². The predicted octanol–water partition coefficient (Wildman–Crippen LogP) is 2.48. The third-order valence-electron chi connectivity index (χ3n) is 2.65. The van der Waals surface area contributed by atoms with Crippen molar-refractivity contribution in [1.82, 2.24) is 0 Å². The van der Waals surface area contributed by atoms with Crippen molar-refractivity contribution in [2.45, 2.75) is 26.7 Å². The summed E-state index contributed by atoms with van der Waals surface area (Å²) >= 11 is 0. The van der Waals surface area contributed by atoms with Gasteiger partial charge in [-0.2, -0.15) is 0 Å². The average molecular weight is 173 g/mol. The van der Waals surface area contributed by atoms with Gasteiger partial charge in [0.05, 0.1) is 0 Å². The largest absolute Gasteiger partial charge is 0.268 e. The molecule has 1 fully saturated rings. The van der Waals surface area contributed by atoms with Gasteiger partial charge in [-0.3, -0.25) is 4.36 Å². The van der Waals surface area contributed by atoms with Gasteiger partial charge in [0.15, 0.2) is 0 Å². The molecule has 1 heterocycles. The Balaban J connectivity index is 2.36. The Morgan fingerprint density at radius 3 is 2.18 bits per heavy atom. The van der Waals surface area contributed by atoms with Crippen molar-refractivity contribution in [3.8, 4) is 0 Å². The normalized spacial score (nSPS) is 32.4. The van der Waals surface area contributed by atoms with E-state index in [1.165, 1.54) is 24.3 Å². The Hall–Kier alpha value is 0.150. The SMILES string of the molecule is CN=S1CCC(C(C)C)CC1. The molecule has 0 bridgehead atoms. The lowest BCUT2D eigenvalue weighted by Crippen LogP contribution is -2.21. The van der Waals surface area contributed by atoms with Crippen molar-refractivity contribution in [2.24, 2.45) is 16.2 Å². The molecule has 0 saturated carbocycles. The fraction of sp³-hybridized carbons (Fsp3) is 1.00. The molecule has 0 aliphatic carbocycles. The molecule has 0 spiro atoms. The van der Waals surface area contributed by atoms with Gasteiger partial charge >= 0.3 is 0 Å². The average Bonchev–Trinajstić information content (AvgIpc) is 2.05. The molecule has 0 N–H and O–H groups in total. The van der Waals surface area contributed by atoms with Crippen LogP contribution in [0.1, 0.15) is 26.7 Å². The lowest BCUT2D eigenvalue weighted by molar-refractivity contribution is 0.359. The van der Waals surface area contributed by atoms with E-state index >= 15 is 0 Å². The van der Waals surface area contributed by atoms with Gasteiger partial charge < -0.3 is 0 Å². The Morgan fingerprint density at radius 2 is 1.82 bits per heavy atom. The van der Waals surface area contributed by atoms with Crippen molar-refractivity contribution in [1.29, 1.82) is 0 Å². The van der Waals surface area contributed by atoms with Crippen molar-refractivity contribution < 1.29 is 0 Å². The highest BCUT2D eigenvalue weighted by atomic mass is 32.2. The highest BCUT2D eigenvalue weighted by Gasteiger charge is 2.18. The summed E-state index contributed by atoms with van der Waals surface area (Å²) in [4.78, 5) is 0. The molecule has 11 heavy (non-hydrogen) atoms. The third-order valence-corrected chi connectivity index (χ3v) is 4.58. The molecule has 1 nitrogen and oxygen atoms in total. The maximum absolute atomic E-state index is 4.37. The molecule has 0 atom stereocenters. The van der Waals surface area contributed by atoms with Crippen LogP contribution in [0.3, 0.4) is 0 Å². The van der Waals surface area contributed by atoms with Crippen molar-refractivity contribution >= 4 is 10.7 Å². The third kappa shape index (κ3) is 2.58. The second-order valence-corrected chi connectivity index (χ2v) is 5.74. The zero-order chi connectivity index (χ0) is 8.27. The van der Waals surface area contributed by atoms with Crippen LogP contribution in [0.25, 0.3) is 0 Å². The van der Waals surface area contributed by atoms with Crippen LogP contribution in [0, 0.1) is 11.8 Å². The molecular weight excluding hydrogens is 154 g/mol. The molecule has 2 heteroatoms. The molecule has 1 aliphatic heterocycles. The van der Waals surface area contributed by atoms with Crippen LogP contribution in [0.5, 0.6) is 0 Å². The first-order chi connectivity index (χ1) is 5.24. The molecule has 0 aromatic heterocycles. The Kier molecular flexibility index (Phi) is 3.57. The molecule has 0 radical (unpaired) electrons. The van der Waals surface area contributed by atoms with Crippen LogP contribution in [0.4, 0.5) is 0 Å². The lowest BCUT2D eigenvalue weighted by Gasteiger charge is -2.26. The smallest absolute Gasteiger partial charge is 0.0346 e. The summed E-state index contributed by atoms with van der Waals surface area (Å²) in [6.07, 6.45) is 2.83. The van der Waals surface area contributed by atoms with E-state index in [9.17, 15) is 0 Å². The summed E-state index contributed by atoms with van der Waals surface area (Å²) in [7, 11) is 2.41. The zero-order valence-corrected chi connectivity index (χ0v) is 8.66. The van der Waals surface area contributed by atoms with E-state index in [0.717, 1.165) is 11.8 Å². The number of hydrogen-bond donors (Lipinski definition) is 0. The van der Waals surface area contributed by atoms with E-state index in [-0.39, 0.29) is 0 Å². The summed E-state index contributed by atoms with van der Waals surface area (Å²) in [6, 6.07) is 0. The molecular formula is C9H19NS. The van der Waals surface area contributed by atoms with Crippen molar-refractivity contribution in [3.63, 3.8) is 0 Å². The van der Waals surface area contributed by atoms with Crippen LogP contribution in [-0.2, 0) is 10.7 Å². The van der Waals surface area contributed by atoms with Crippen molar-refractivity contribution in [2.75, 3.05) is 18.6 Å². The highest BCUT2D eigenvalue weighted by molar-refractivity contribution is 7.87. The van der Waals surface area contributed by atoms with E-state index in [4.69, 9.17) is 0 Å². The number of rotatable bonds is 1. The fourth-order valence-electron chi connectivity index (χ4n) is 1.67. The summed E-state index contributed by atoms with van der Waals surface area (Å²) < 4.78 is 4.37. The first kappa shape index (κ1) is 9.24. The number of hydrogen-bond acceptors (Lipinski definition) is 1. The molecule has 1 aliphatic rings. The predicted molar refractivity (Wildman–Crippen MR) is 53.0 cm³/mol. The van der Waals surface area contributed by atoms with Gasteiger partial charge in [0, 0.05) is 18.6 Å². The molecule has 0 amide bonds. The first-order valence-corrected chi connectivity index (χ1v) is 6.03. The highest BCUT2D eigenvalue weighted by Crippen LogP contribution is 2.24. The van der Waals surface area contributed by atoms with Gasteiger partial charge in [0.1, 0.15) is 0 Å². The summed E-state index contributed by atoms with van der Waals surface area (Å²) in [5.41, 5.74) is 0. The molecule has 1 saturated heterocycles. The van der Waals surface area contributed by atoms with Crippen LogP contribution in [-0.4, -0.2) is 18.6 Å². The molecule has 0 unspecified atom stereocenters. The summed E-state index contributed by atoms with van der Waals surface area (Å²) in [6.45, 7) is 4.69. The van der Waals surface area contributed by atoms with Gasteiger partial charge in [-0.15, -0.1) is 10.7 Å². The van der Waals surface area contributed by atoms with Crippen molar-refractivity contribution in [3.05, 3.63) is 0 Å². The van der Waals surface area contributed by atoms with Crippen LogP contribution in [0.15, 0.2) is 4.36 Å². The Morgan fingerprint density at radius 1 is 1.27 bits per heavy atom. The maximum atomic E-state index is 4.37. The first-order valence-electron chi connectivity index (χ1n) is 4.51. The standard InChI is InChI=1S/C9H19NS/c1-8(2)9-4-6-11(10-3)7-5-9/h8-9H,4-7H2,1-3H3. The quantitative estimate of drug-likeness (QED) is 0.577. The topological polar surface area (TPSA) is 12.4 Å². The lowest BCUT2D eigenvalue weighted by atomic mass is 9.91. The minimum atomic E-state index is 0.436. The van der Waals surface area contributed by atoms with E-state index in [0.29, 0.717) is 10.7 Å². The minimum absolute atomic E-state index is 0.436.